The van der Waals surface area contributed by atoms with Crippen molar-refractivity contribution >= 4 is 5.95 Å². The molecule has 0 unspecified atom stereocenters. The van der Waals surface area contributed by atoms with Gasteiger partial charge < -0.3 is 5.32 Å². The second-order valence-corrected chi connectivity index (χ2v) is 7.62. The quantitative estimate of drug-likeness (QED) is 0.352. The summed E-state index contributed by atoms with van der Waals surface area (Å²) in [5, 5.41) is 3.35. The van der Waals surface area contributed by atoms with Crippen molar-refractivity contribution in [3.05, 3.63) is 101 Å². The van der Waals surface area contributed by atoms with Gasteiger partial charge >= 0.3 is 0 Å². The molecule has 0 aliphatic carbocycles. The van der Waals surface area contributed by atoms with E-state index in [0.29, 0.717) is 23.8 Å². The molecule has 0 aliphatic rings. The van der Waals surface area contributed by atoms with Crippen molar-refractivity contribution in [2.75, 3.05) is 11.9 Å². The number of hydrogen-bond acceptors (Lipinski definition) is 4. The van der Waals surface area contributed by atoms with E-state index >= 15 is 0 Å². The molecular formula is C27H30N4O. The smallest absolute Gasteiger partial charge is 0.263 e. The normalized spacial score (nSPS) is 11.7. The maximum Gasteiger partial charge on any atom is 0.263 e. The van der Waals surface area contributed by atoms with E-state index < -0.39 is 0 Å². The molecule has 0 aliphatic heterocycles. The highest BCUT2D eigenvalue weighted by Crippen LogP contribution is 2.29. The molecule has 1 N–H and O–H groups in total. The molecule has 0 radical (unpaired) electrons. The van der Waals surface area contributed by atoms with Gasteiger partial charge in [0.05, 0.1) is 11.3 Å². The van der Waals surface area contributed by atoms with Crippen LogP contribution in [0.3, 0.4) is 0 Å². The van der Waals surface area contributed by atoms with Gasteiger partial charge in [0, 0.05) is 31.5 Å². The average molecular weight is 427 g/mol. The largest absolute Gasteiger partial charge is 0.356 e. The van der Waals surface area contributed by atoms with Crippen LogP contribution in [0.4, 0.5) is 5.95 Å². The highest BCUT2D eigenvalue weighted by molar-refractivity contribution is 5.81. The van der Waals surface area contributed by atoms with Crippen LogP contribution in [0.25, 0.3) is 22.4 Å². The van der Waals surface area contributed by atoms with Crippen molar-refractivity contribution in [2.45, 2.75) is 26.7 Å². The standard InChI is InChI=1S/C27H30N4O/c1-5-7-11-21(6-2)12-9-16-29-27-30-25(22-14-17-28-18-15-22)24(26(32)31(27)4)23-13-8-10-20(3)19-23/h5-8,10-11,13-15,17-19H,1,9,12,16H2,2-4H3,(H,29,30)/b11-7-,21-6+. The van der Waals surface area contributed by atoms with E-state index in [1.807, 2.05) is 56.3 Å². The zero-order valence-corrected chi connectivity index (χ0v) is 19.0. The van der Waals surface area contributed by atoms with Gasteiger partial charge in [-0.15, -0.1) is 0 Å². The predicted octanol–water partition coefficient (Wildman–Crippen LogP) is 5.70. The molecule has 5 heteroatoms. The van der Waals surface area contributed by atoms with Crippen LogP contribution in [0.2, 0.25) is 0 Å². The summed E-state index contributed by atoms with van der Waals surface area (Å²) in [6, 6.07) is 11.7. The molecule has 2 heterocycles. The molecule has 0 saturated heterocycles. The third-order valence-corrected chi connectivity index (χ3v) is 5.29. The molecule has 5 nitrogen and oxygen atoms in total. The Kier molecular flexibility index (Phi) is 7.92. The molecular weight excluding hydrogens is 396 g/mol. The molecule has 3 rings (SSSR count). The lowest BCUT2D eigenvalue weighted by molar-refractivity contribution is 0.799. The van der Waals surface area contributed by atoms with E-state index in [4.69, 9.17) is 4.98 Å². The molecule has 3 aromatic rings. The fourth-order valence-electron chi connectivity index (χ4n) is 3.55. The van der Waals surface area contributed by atoms with Gasteiger partial charge in [-0.3, -0.25) is 14.3 Å². The van der Waals surface area contributed by atoms with Crippen LogP contribution in [-0.2, 0) is 7.05 Å². The number of anilines is 1. The second kappa shape index (κ2) is 11.0. The highest BCUT2D eigenvalue weighted by atomic mass is 16.1. The van der Waals surface area contributed by atoms with Crippen LogP contribution in [0.15, 0.2) is 90.0 Å². The monoisotopic (exact) mass is 426 g/mol. The number of nitrogens with zero attached hydrogens (tertiary/aromatic N) is 3. The summed E-state index contributed by atoms with van der Waals surface area (Å²) < 4.78 is 1.59. The molecule has 2 aromatic heterocycles. The van der Waals surface area contributed by atoms with Crippen LogP contribution >= 0.6 is 0 Å². The van der Waals surface area contributed by atoms with E-state index in [2.05, 4.69) is 29.0 Å². The minimum absolute atomic E-state index is 0.0806. The van der Waals surface area contributed by atoms with Gasteiger partial charge in [-0.1, -0.05) is 66.3 Å². The molecule has 164 valence electrons. The first-order chi connectivity index (χ1) is 15.5. The minimum atomic E-state index is -0.0806. The summed E-state index contributed by atoms with van der Waals surface area (Å²) in [5.74, 6) is 0.557. The van der Waals surface area contributed by atoms with Gasteiger partial charge in [0.1, 0.15) is 0 Å². The second-order valence-electron chi connectivity index (χ2n) is 7.62. The number of benzene rings is 1. The van der Waals surface area contributed by atoms with E-state index in [1.54, 1.807) is 30.1 Å². The van der Waals surface area contributed by atoms with Gasteiger partial charge in [-0.2, -0.15) is 0 Å². The number of nitrogens with one attached hydrogen (secondary N) is 1. The first kappa shape index (κ1) is 22.9. The maximum absolute atomic E-state index is 13.4. The van der Waals surface area contributed by atoms with Crippen LogP contribution < -0.4 is 10.9 Å². The molecule has 0 amide bonds. The van der Waals surface area contributed by atoms with Crippen molar-refractivity contribution in [1.29, 1.82) is 0 Å². The number of allylic oxidation sites excluding steroid dienone is 5. The SMILES string of the molecule is C=C/C=C\C(=C/C)CCCNc1nc(-c2ccncc2)c(-c2cccc(C)c2)c(=O)n1C. The lowest BCUT2D eigenvalue weighted by atomic mass is 9.99. The lowest BCUT2D eigenvalue weighted by Crippen LogP contribution is -2.25. The van der Waals surface area contributed by atoms with Crippen LogP contribution in [0, 0.1) is 6.92 Å². The Bertz CT molecular complexity index is 1190. The number of rotatable bonds is 9. The van der Waals surface area contributed by atoms with E-state index in [9.17, 15) is 4.79 Å². The molecule has 0 atom stereocenters. The van der Waals surface area contributed by atoms with E-state index in [-0.39, 0.29) is 5.56 Å². The van der Waals surface area contributed by atoms with Gasteiger partial charge in [0.15, 0.2) is 0 Å². The molecule has 0 fully saturated rings. The Morgan fingerprint density at radius 2 is 1.97 bits per heavy atom. The molecule has 32 heavy (non-hydrogen) atoms. The van der Waals surface area contributed by atoms with Crippen molar-refractivity contribution in [2.24, 2.45) is 7.05 Å². The van der Waals surface area contributed by atoms with E-state index in [1.165, 1.54) is 5.57 Å². The number of hydrogen-bond donors (Lipinski definition) is 1. The number of aromatic nitrogens is 3. The van der Waals surface area contributed by atoms with Gasteiger partial charge in [-0.25, -0.2) is 4.98 Å². The summed E-state index contributed by atoms with van der Waals surface area (Å²) in [5.41, 5.74) is 5.25. The van der Waals surface area contributed by atoms with Crippen LogP contribution in [0.1, 0.15) is 25.3 Å². The summed E-state index contributed by atoms with van der Waals surface area (Å²) in [6.45, 7) is 8.48. The molecule has 1 aromatic carbocycles. The zero-order valence-electron chi connectivity index (χ0n) is 19.0. The number of pyridine rings is 1. The summed E-state index contributed by atoms with van der Waals surface area (Å²) in [7, 11) is 1.76. The first-order valence-corrected chi connectivity index (χ1v) is 10.8. The van der Waals surface area contributed by atoms with Gasteiger partial charge in [0.2, 0.25) is 5.95 Å². The van der Waals surface area contributed by atoms with Crippen molar-refractivity contribution in [3.63, 3.8) is 0 Å². The third-order valence-electron chi connectivity index (χ3n) is 5.29. The van der Waals surface area contributed by atoms with Crippen LogP contribution in [0.5, 0.6) is 0 Å². The Morgan fingerprint density at radius 3 is 2.66 bits per heavy atom. The van der Waals surface area contributed by atoms with Gasteiger partial charge in [0.25, 0.3) is 5.56 Å². The predicted molar refractivity (Wildman–Crippen MR) is 134 cm³/mol. The number of aryl methyl sites for hydroxylation is 1. The van der Waals surface area contributed by atoms with E-state index in [0.717, 1.165) is 29.5 Å². The Balaban J connectivity index is 1.94. The zero-order chi connectivity index (χ0) is 22.9. The Morgan fingerprint density at radius 1 is 1.19 bits per heavy atom. The third kappa shape index (κ3) is 5.49. The molecule has 0 saturated carbocycles. The van der Waals surface area contributed by atoms with Crippen molar-refractivity contribution in [3.8, 4) is 22.4 Å². The highest BCUT2D eigenvalue weighted by Gasteiger charge is 2.18. The topological polar surface area (TPSA) is 59.8 Å². The maximum atomic E-state index is 13.4. The Labute approximate surface area is 189 Å². The fraction of sp³-hybridized carbons (Fsp3) is 0.222. The van der Waals surface area contributed by atoms with Crippen molar-refractivity contribution in [1.82, 2.24) is 14.5 Å². The molecule has 0 spiro atoms. The summed E-state index contributed by atoms with van der Waals surface area (Å²) in [6.07, 6.45) is 13.2. The lowest BCUT2D eigenvalue weighted by Gasteiger charge is -2.16. The fourth-order valence-corrected chi connectivity index (χ4v) is 3.55. The molecule has 0 bridgehead atoms. The van der Waals surface area contributed by atoms with Crippen molar-refractivity contribution < 1.29 is 0 Å². The Hall–Kier alpha value is -3.73. The summed E-state index contributed by atoms with van der Waals surface area (Å²) >= 11 is 0. The van der Waals surface area contributed by atoms with Gasteiger partial charge in [-0.05, 0) is 44.4 Å². The minimum Gasteiger partial charge on any atom is -0.356 e. The first-order valence-electron chi connectivity index (χ1n) is 10.8. The van der Waals surface area contributed by atoms with Crippen LogP contribution in [-0.4, -0.2) is 21.1 Å². The summed E-state index contributed by atoms with van der Waals surface area (Å²) in [4.78, 5) is 22.4. The average Bonchev–Trinajstić information content (AvgIpc) is 2.81.